The Balaban J connectivity index is 1.67. The number of methoxy groups -OCH3 is 3. The van der Waals surface area contributed by atoms with Crippen molar-refractivity contribution in [1.82, 2.24) is 4.98 Å². The molecule has 6 rings (SSSR count). The second-order valence-electron chi connectivity index (χ2n) is 9.13. The van der Waals surface area contributed by atoms with E-state index < -0.39 is 11.9 Å². The van der Waals surface area contributed by atoms with Gasteiger partial charge in [0.25, 0.3) is 5.91 Å². The molecule has 0 N–H and O–H groups in total. The van der Waals surface area contributed by atoms with E-state index in [0.717, 1.165) is 21.3 Å². The smallest absolute Gasteiger partial charge is 0.297 e. The minimum Gasteiger partial charge on any atom is -0.493 e. The fraction of sp³-hybridized carbons (Fsp3) is 0.207. The van der Waals surface area contributed by atoms with Crippen molar-refractivity contribution in [2.24, 2.45) is 0 Å². The molecule has 1 aliphatic rings. The summed E-state index contributed by atoms with van der Waals surface area (Å²) in [5.74, 6) is 0.786. The second-order valence-corrected chi connectivity index (χ2v) is 10.1. The number of nitrogens with zero attached hydrogens (tertiary/aromatic N) is 2. The van der Waals surface area contributed by atoms with E-state index in [1.165, 1.54) is 37.6 Å². The van der Waals surface area contributed by atoms with Crippen LogP contribution in [0.25, 0.3) is 21.2 Å². The quantitative estimate of drug-likeness (QED) is 0.285. The number of fused-ring (bicyclic) bond motifs is 3. The highest BCUT2D eigenvalue weighted by atomic mass is 32.1. The Morgan fingerprint density at radius 2 is 1.66 bits per heavy atom. The lowest BCUT2D eigenvalue weighted by Crippen LogP contribution is -2.29. The van der Waals surface area contributed by atoms with Crippen LogP contribution in [0.3, 0.4) is 0 Å². The van der Waals surface area contributed by atoms with E-state index in [-0.39, 0.29) is 16.8 Å². The third-order valence-corrected chi connectivity index (χ3v) is 7.81. The van der Waals surface area contributed by atoms with Crippen molar-refractivity contribution in [3.8, 4) is 17.2 Å². The molecule has 0 saturated carbocycles. The van der Waals surface area contributed by atoms with Crippen LogP contribution < -0.4 is 24.5 Å². The van der Waals surface area contributed by atoms with E-state index in [1.54, 1.807) is 36.4 Å². The summed E-state index contributed by atoms with van der Waals surface area (Å²) < 4.78 is 23.7. The number of carbonyl (C=O) groups excluding carboxylic acids is 1. The maximum atomic E-state index is 14.0. The average molecular weight is 529 g/mol. The standard InChI is InChI=1S/C29H24N2O6S/c1-14-10-15(2)23-21(11-14)38-29(30-23)31-24(16-12-19(34-3)26(36-5)20(13-16)35-4)22-25(32)17-8-6-7-9-18(17)37-27(22)28(31)33/h6-13,24H,1-5H3/t24-/m0/s1. The Labute approximate surface area is 222 Å². The van der Waals surface area contributed by atoms with Gasteiger partial charge in [0.15, 0.2) is 22.1 Å². The van der Waals surface area contributed by atoms with Gasteiger partial charge in [0, 0.05) is 0 Å². The molecule has 0 radical (unpaired) electrons. The average Bonchev–Trinajstić information content (AvgIpc) is 3.46. The van der Waals surface area contributed by atoms with E-state index in [9.17, 15) is 9.59 Å². The molecular formula is C29H24N2O6S. The molecule has 1 aliphatic heterocycles. The number of hydrogen-bond donors (Lipinski definition) is 0. The minimum atomic E-state index is -0.825. The van der Waals surface area contributed by atoms with Gasteiger partial charge in [-0.15, -0.1) is 0 Å². The number of amides is 1. The number of carbonyl (C=O) groups is 1. The molecule has 2 aromatic heterocycles. The lowest BCUT2D eigenvalue weighted by atomic mass is 9.98. The maximum Gasteiger partial charge on any atom is 0.297 e. The zero-order chi connectivity index (χ0) is 26.7. The van der Waals surface area contributed by atoms with Crippen molar-refractivity contribution < 1.29 is 23.4 Å². The molecule has 0 bridgehead atoms. The van der Waals surface area contributed by atoms with Crippen molar-refractivity contribution in [3.05, 3.63) is 86.8 Å². The molecule has 0 spiro atoms. The number of ether oxygens (including phenoxy) is 3. The Morgan fingerprint density at radius 1 is 0.947 bits per heavy atom. The van der Waals surface area contributed by atoms with E-state index in [4.69, 9.17) is 23.6 Å². The van der Waals surface area contributed by atoms with E-state index >= 15 is 0 Å². The van der Waals surface area contributed by atoms with Gasteiger partial charge < -0.3 is 18.6 Å². The van der Waals surface area contributed by atoms with Gasteiger partial charge in [0.05, 0.1) is 48.5 Å². The summed E-state index contributed by atoms with van der Waals surface area (Å²) in [5, 5.41) is 0.862. The first-order chi connectivity index (χ1) is 18.4. The molecule has 9 heteroatoms. The molecule has 38 heavy (non-hydrogen) atoms. The van der Waals surface area contributed by atoms with Gasteiger partial charge in [-0.05, 0) is 60.9 Å². The van der Waals surface area contributed by atoms with Crippen molar-refractivity contribution >= 4 is 43.6 Å². The van der Waals surface area contributed by atoms with Gasteiger partial charge in [-0.1, -0.05) is 29.5 Å². The van der Waals surface area contributed by atoms with E-state index in [0.29, 0.717) is 38.9 Å². The van der Waals surface area contributed by atoms with Crippen LogP contribution in [0.15, 0.2) is 57.7 Å². The number of benzene rings is 3. The Bertz CT molecular complexity index is 1800. The first kappa shape index (κ1) is 24.0. The van der Waals surface area contributed by atoms with Crippen molar-refractivity contribution in [3.63, 3.8) is 0 Å². The molecule has 0 unspecified atom stereocenters. The van der Waals surface area contributed by atoms with Crippen molar-refractivity contribution in [2.45, 2.75) is 19.9 Å². The lowest BCUT2D eigenvalue weighted by molar-refractivity contribution is 0.0971. The Kier molecular flexibility index (Phi) is 5.61. The fourth-order valence-corrected chi connectivity index (χ4v) is 6.32. The van der Waals surface area contributed by atoms with Gasteiger partial charge in [0.1, 0.15) is 5.58 Å². The number of para-hydroxylation sites is 1. The molecule has 0 saturated heterocycles. The molecule has 8 nitrogen and oxygen atoms in total. The summed E-state index contributed by atoms with van der Waals surface area (Å²) in [6.45, 7) is 4.02. The predicted molar refractivity (Wildman–Crippen MR) is 146 cm³/mol. The van der Waals surface area contributed by atoms with Crippen molar-refractivity contribution in [2.75, 3.05) is 26.2 Å². The topological polar surface area (TPSA) is 91.1 Å². The lowest BCUT2D eigenvalue weighted by Gasteiger charge is -2.24. The monoisotopic (exact) mass is 528 g/mol. The van der Waals surface area contributed by atoms with Gasteiger partial charge in [-0.25, -0.2) is 4.98 Å². The zero-order valence-electron chi connectivity index (χ0n) is 21.4. The summed E-state index contributed by atoms with van der Waals surface area (Å²) in [6, 6.07) is 13.7. The predicted octanol–water partition coefficient (Wildman–Crippen LogP) is 5.80. The summed E-state index contributed by atoms with van der Waals surface area (Å²) in [5.41, 5.74) is 3.85. The molecule has 3 heterocycles. The third kappa shape index (κ3) is 3.46. The van der Waals surface area contributed by atoms with Crippen molar-refractivity contribution in [1.29, 1.82) is 0 Å². The van der Waals surface area contributed by atoms with Crippen LogP contribution in [0.5, 0.6) is 17.2 Å². The zero-order valence-corrected chi connectivity index (χ0v) is 22.3. The highest BCUT2D eigenvalue weighted by Gasteiger charge is 2.45. The Hall–Kier alpha value is -4.37. The van der Waals surface area contributed by atoms with Crippen LogP contribution in [0.4, 0.5) is 5.13 Å². The van der Waals surface area contributed by atoms with Crippen LogP contribution in [-0.4, -0.2) is 32.2 Å². The maximum absolute atomic E-state index is 14.0. The fourth-order valence-electron chi connectivity index (χ4n) is 5.15. The van der Waals surface area contributed by atoms with E-state index in [2.05, 4.69) is 6.07 Å². The van der Waals surface area contributed by atoms with Crippen LogP contribution in [0.1, 0.15) is 38.9 Å². The van der Waals surface area contributed by atoms with Crippen LogP contribution in [0, 0.1) is 13.8 Å². The molecule has 3 aromatic carbocycles. The van der Waals surface area contributed by atoms with Gasteiger partial charge in [-0.3, -0.25) is 14.5 Å². The number of thiazole rings is 1. The SMILES string of the molecule is COc1cc([C@H]2c3c(oc4ccccc4c3=O)C(=O)N2c2nc3c(C)cc(C)cc3s2)cc(OC)c1OC. The minimum absolute atomic E-state index is 0.000361. The number of hydrogen-bond acceptors (Lipinski definition) is 8. The van der Waals surface area contributed by atoms with Gasteiger partial charge in [0.2, 0.25) is 11.5 Å². The van der Waals surface area contributed by atoms with Crippen LogP contribution >= 0.6 is 11.3 Å². The Morgan fingerprint density at radius 3 is 2.34 bits per heavy atom. The molecule has 5 aromatic rings. The number of anilines is 1. The molecule has 0 fully saturated rings. The third-order valence-electron chi connectivity index (χ3n) is 6.81. The number of aromatic nitrogens is 1. The normalized spacial score (nSPS) is 14.8. The summed E-state index contributed by atoms with van der Waals surface area (Å²) in [7, 11) is 4.56. The molecular weight excluding hydrogens is 504 g/mol. The number of rotatable bonds is 5. The second kappa shape index (κ2) is 8.88. The molecule has 0 aliphatic carbocycles. The van der Waals surface area contributed by atoms with Gasteiger partial charge in [-0.2, -0.15) is 0 Å². The highest BCUT2D eigenvalue weighted by Crippen LogP contribution is 2.47. The highest BCUT2D eigenvalue weighted by molar-refractivity contribution is 7.22. The summed E-state index contributed by atoms with van der Waals surface area (Å²) >= 11 is 1.40. The van der Waals surface area contributed by atoms with Crippen LogP contribution in [0.2, 0.25) is 0 Å². The summed E-state index contributed by atoms with van der Waals surface area (Å²) in [4.78, 5) is 34.3. The number of aryl methyl sites for hydroxylation is 2. The van der Waals surface area contributed by atoms with Gasteiger partial charge >= 0.3 is 0 Å². The summed E-state index contributed by atoms with van der Waals surface area (Å²) in [6.07, 6.45) is 0. The van der Waals surface area contributed by atoms with Crippen LogP contribution in [-0.2, 0) is 0 Å². The molecule has 192 valence electrons. The molecule has 1 amide bonds. The van der Waals surface area contributed by atoms with E-state index in [1.807, 2.05) is 19.9 Å². The first-order valence-corrected chi connectivity index (χ1v) is 12.7. The first-order valence-electron chi connectivity index (χ1n) is 11.9. The largest absolute Gasteiger partial charge is 0.493 e. The molecule has 1 atom stereocenters.